The van der Waals surface area contributed by atoms with Crippen LogP contribution in [0.3, 0.4) is 0 Å². The third kappa shape index (κ3) is 2.70. The van der Waals surface area contributed by atoms with Crippen molar-refractivity contribution in [3.8, 4) is 0 Å². The number of nitrogen functional groups attached to an aromatic ring is 1. The van der Waals surface area contributed by atoms with Crippen LogP contribution in [0.15, 0.2) is 23.1 Å². The van der Waals surface area contributed by atoms with Gasteiger partial charge in [0.15, 0.2) is 0 Å². The summed E-state index contributed by atoms with van der Waals surface area (Å²) >= 11 is 0. The molecule has 5 nitrogen and oxygen atoms in total. The summed E-state index contributed by atoms with van der Waals surface area (Å²) in [5.74, 6) is 0.620. The molecule has 0 aliphatic carbocycles. The maximum atomic E-state index is 11.3. The molecule has 0 radical (unpaired) electrons. The molecule has 17 heavy (non-hydrogen) atoms. The minimum absolute atomic E-state index is 0.0760. The van der Waals surface area contributed by atoms with E-state index in [2.05, 4.69) is 11.8 Å². The first-order chi connectivity index (χ1) is 7.86. The molecule has 1 aromatic rings. The number of nitrogens with zero attached hydrogens (tertiary/aromatic N) is 1. The van der Waals surface area contributed by atoms with Gasteiger partial charge in [0.2, 0.25) is 10.0 Å². The molecule has 94 valence electrons. The molecule has 4 N–H and O–H groups in total. The molecule has 1 atom stereocenters. The maximum absolute atomic E-state index is 11.3. The number of hydrogen-bond donors (Lipinski definition) is 2. The number of rotatable bonds is 2. The smallest absolute Gasteiger partial charge is 0.238 e. The van der Waals surface area contributed by atoms with Crippen LogP contribution >= 0.6 is 0 Å². The Morgan fingerprint density at radius 3 is 2.59 bits per heavy atom. The van der Waals surface area contributed by atoms with Gasteiger partial charge in [-0.05, 0) is 30.5 Å². The van der Waals surface area contributed by atoms with E-state index in [4.69, 9.17) is 10.9 Å². The quantitative estimate of drug-likeness (QED) is 0.764. The predicted octanol–water partition coefficient (Wildman–Crippen LogP) is 0.762. The second kappa shape index (κ2) is 4.19. The zero-order valence-electron chi connectivity index (χ0n) is 9.76. The normalized spacial score (nSPS) is 20.8. The topological polar surface area (TPSA) is 89.4 Å². The van der Waals surface area contributed by atoms with Crippen LogP contribution in [0.25, 0.3) is 0 Å². The molecule has 1 unspecified atom stereocenters. The summed E-state index contributed by atoms with van der Waals surface area (Å²) in [5.41, 5.74) is 6.97. The van der Waals surface area contributed by atoms with Gasteiger partial charge in [-0.1, -0.05) is 6.92 Å². The fourth-order valence-electron chi connectivity index (χ4n) is 2.12. The molecule has 1 saturated heterocycles. The van der Waals surface area contributed by atoms with E-state index in [1.165, 1.54) is 6.07 Å². The second-order valence-electron chi connectivity index (χ2n) is 4.65. The molecule has 1 fully saturated rings. The minimum atomic E-state index is -3.70. The van der Waals surface area contributed by atoms with Crippen molar-refractivity contribution in [1.29, 1.82) is 0 Å². The van der Waals surface area contributed by atoms with Gasteiger partial charge in [-0.2, -0.15) is 0 Å². The molecule has 1 aliphatic rings. The molecule has 6 heteroatoms. The lowest BCUT2D eigenvalue weighted by molar-refractivity contribution is 0.598. The van der Waals surface area contributed by atoms with E-state index < -0.39 is 10.0 Å². The lowest BCUT2D eigenvalue weighted by Gasteiger charge is -2.19. The SMILES string of the molecule is CC1CCN(c2cc(N)cc(S(N)(=O)=O)c2)C1. The molecule has 0 saturated carbocycles. The first-order valence-corrected chi connectivity index (χ1v) is 7.09. The van der Waals surface area contributed by atoms with Crippen molar-refractivity contribution in [3.63, 3.8) is 0 Å². The van der Waals surface area contributed by atoms with E-state index in [1.807, 2.05) is 0 Å². The number of anilines is 2. The van der Waals surface area contributed by atoms with Crippen molar-refractivity contribution in [3.05, 3.63) is 18.2 Å². The number of sulfonamides is 1. The van der Waals surface area contributed by atoms with Crippen LogP contribution in [0.4, 0.5) is 11.4 Å². The summed E-state index contributed by atoms with van der Waals surface area (Å²) in [5, 5.41) is 5.12. The van der Waals surface area contributed by atoms with Gasteiger partial charge in [0.05, 0.1) is 4.90 Å². The van der Waals surface area contributed by atoms with Gasteiger partial charge >= 0.3 is 0 Å². The Labute approximate surface area is 101 Å². The average Bonchev–Trinajstić information content (AvgIpc) is 2.62. The maximum Gasteiger partial charge on any atom is 0.238 e. The molecule has 0 bridgehead atoms. The molecule has 1 aromatic carbocycles. The summed E-state index contributed by atoms with van der Waals surface area (Å²) in [7, 11) is -3.70. The van der Waals surface area contributed by atoms with E-state index >= 15 is 0 Å². The van der Waals surface area contributed by atoms with Crippen molar-refractivity contribution in [2.24, 2.45) is 11.1 Å². The van der Waals surface area contributed by atoms with Gasteiger partial charge in [-0.3, -0.25) is 0 Å². The first-order valence-electron chi connectivity index (χ1n) is 5.54. The van der Waals surface area contributed by atoms with Crippen LogP contribution in [0.2, 0.25) is 0 Å². The molecule has 0 amide bonds. The van der Waals surface area contributed by atoms with Crippen LogP contribution in [0, 0.1) is 5.92 Å². The molecule has 2 rings (SSSR count). The molecule has 1 aliphatic heterocycles. The Hall–Kier alpha value is -1.27. The minimum Gasteiger partial charge on any atom is -0.399 e. The van der Waals surface area contributed by atoms with Crippen LogP contribution in [0.5, 0.6) is 0 Å². The Kier molecular flexibility index (Phi) is 3.01. The molecule has 0 spiro atoms. The van der Waals surface area contributed by atoms with Gasteiger partial charge < -0.3 is 10.6 Å². The van der Waals surface area contributed by atoms with Crippen molar-refractivity contribution in [2.45, 2.75) is 18.2 Å². The van der Waals surface area contributed by atoms with E-state index in [-0.39, 0.29) is 4.90 Å². The monoisotopic (exact) mass is 255 g/mol. The zero-order chi connectivity index (χ0) is 12.6. The van der Waals surface area contributed by atoms with E-state index in [0.29, 0.717) is 11.6 Å². The molecule has 1 heterocycles. The first kappa shape index (κ1) is 12.2. The fraction of sp³-hybridized carbons (Fsp3) is 0.455. The van der Waals surface area contributed by atoms with E-state index in [1.54, 1.807) is 12.1 Å². The lowest BCUT2D eigenvalue weighted by atomic mass is 10.2. The number of primary sulfonamides is 1. The standard InChI is InChI=1S/C11H17N3O2S/c1-8-2-3-14(7-8)10-4-9(12)5-11(6-10)17(13,15)16/h4-6,8H,2-3,7,12H2,1H3,(H2,13,15,16). The van der Waals surface area contributed by atoms with Crippen LogP contribution in [-0.4, -0.2) is 21.5 Å². The summed E-state index contributed by atoms with van der Waals surface area (Å²) in [6.45, 7) is 4.02. The highest BCUT2D eigenvalue weighted by Gasteiger charge is 2.20. The Balaban J connectivity index is 2.39. The Bertz CT molecular complexity index is 528. The summed E-state index contributed by atoms with van der Waals surface area (Å²) in [6.07, 6.45) is 1.11. The third-order valence-corrected chi connectivity index (χ3v) is 3.92. The van der Waals surface area contributed by atoms with Crippen LogP contribution in [-0.2, 0) is 10.0 Å². The highest BCUT2D eigenvalue weighted by Crippen LogP contribution is 2.27. The van der Waals surface area contributed by atoms with E-state index in [9.17, 15) is 8.42 Å². The van der Waals surface area contributed by atoms with Gasteiger partial charge in [0.25, 0.3) is 0 Å². The summed E-state index contributed by atoms with van der Waals surface area (Å²) < 4.78 is 22.6. The summed E-state index contributed by atoms with van der Waals surface area (Å²) in [6, 6.07) is 4.76. The molecular formula is C11H17N3O2S. The number of nitrogens with two attached hydrogens (primary N) is 2. The Morgan fingerprint density at radius 1 is 1.35 bits per heavy atom. The zero-order valence-corrected chi connectivity index (χ0v) is 10.6. The largest absolute Gasteiger partial charge is 0.399 e. The average molecular weight is 255 g/mol. The van der Waals surface area contributed by atoms with Crippen molar-refractivity contribution >= 4 is 21.4 Å². The molecule has 0 aromatic heterocycles. The van der Waals surface area contributed by atoms with Gasteiger partial charge in [0.1, 0.15) is 0 Å². The fourth-order valence-corrected chi connectivity index (χ4v) is 2.71. The van der Waals surface area contributed by atoms with E-state index in [0.717, 1.165) is 25.2 Å². The van der Waals surface area contributed by atoms with Crippen LogP contribution < -0.4 is 15.8 Å². The number of benzene rings is 1. The number of hydrogen-bond acceptors (Lipinski definition) is 4. The van der Waals surface area contributed by atoms with Gasteiger partial charge in [0, 0.05) is 24.5 Å². The highest BCUT2D eigenvalue weighted by atomic mass is 32.2. The van der Waals surface area contributed by atoms with Gasteiger partial charge in [-0.25, -0.2) is 13.6 Å². The van der Waals surface area contributed by atoms with Crippen molar-refractivity contribution in [1.82, 2.24) is 0 Å². The highest BCUT2D eigenvalue weighted by molar-refractivity contribution is 7.89. The van der Waals surface area contributed by atoms with Gasteiger partial charge in [-0.15, -0.1) is 0 Å². The molecular weight excluding hydrogens is 238 g/mol. The third-order valence-electron chi connectivity index (χ3n) is 3.03. The predicted molar refractivity (Wildman–Crippen MR) is 68.2 cm³/mol. The van der Waals surface area contributed by atoms with Crippen molar-refractivity contribution in [2.75, 3.05) is 23.7 Å². The Morgan fingerprint density at radius 2 is 2.06 bits per heavy atom. The van der Waals surface area contributed by atoms with Crippen molar-refractivity contribution < 1.29 is 8.42 Å². The van der Waals surface area contributed by atoms with Crippen LogP contribution in [0.1, 0.15) is 13.3 Å². The lowest BCUT2D eigenvalue weighted by Crippen LogP contribution is -2.20. The summed E-state index contributed by atoms with van der Waals surface area (Å²) in [4.78, 5) is 2.21. The second-order valence-corrected chi connectivity index (χ2v) is 6.21.